The molecule has 0 saturated heterocycles. The van der Waals surface area contributed by atoms with Crippen LogP contribution in [0.1, 0.15) is 5.56 Å². The summed E-state index contributed by atoms with van der Waals surface area (Å²) in [6.45, 7) is 1.78. The van der Waals surface area contributed by atoms with Crippen molar-refractivity contribution in [3.8, 4) is 0 Å². The van der Waals surface area contributed by atoms with Gasteiger partial charge in [-0.05, 0) is 19.1 Å². The number of sulfone groups is 1. The molecule has 22 heavy (non-hydrogen) atoms. The molecule has 0 unspecified atom stereocenters. The molecule has 0 N–H and O–H groups in total. The van der Waals surface area contributed by atoms with E-state index >= 15 is 0 Å². The van der Waals surface area contributed by atoms with Crippen LogP contribution in [-0.4, -0.2) is 33.4 Å². The molecule has 0 amide bonds. The second-order valence-electron chi connectivity index (χ2n) is 4.23. The van der Waals surface area contributed by atoms with Crippen molar-refractivity contribution < 1.29 is 22.0 Å². The summed E-state index contributed by atoms with van der Waals surface area (Å²) in [5, 5.41) is 0.820. The molecule has 0 aromatic heterocycles. The molecule has 0 atom stereocenters. The lowest BCUT2D eigenvalue weighted by molar-refractivity contribution is 0.231. The van der Waals surface area contributed by atoms with Crippen LogP contribution in [-0.2, 0) is 23.4 Å². The lowest BCUT2D eigenvalue weighted by Crippen LogP contribution is -2.01. The van der Waals surface area contributed by atoms with Crippen LogP contribution in [0.2, 0.25) is 0 Å². The quantitative estimate of drug-likeness (QED) is 0.474. The molecule has 0 bridgehead atoms. The van der Waals surface area contributed by atoms with Crippen LogP contribution in [0.25, 0.3) is 0 Å². The van der Waals surface area contributed by atoms with E-state index in [1.807, 2.05) is 6.92 Å². The van der Waals surface area contributed by atoms with Gasteiger partial charge < -0.3 is 9.05 Å². The predicted octanol–water partition coefficient (Wildman–Crippen LogP) is 3.94. The first-order valence-electron chi connectivity index (χ1n) is 6.35. The highest BCUT2D eigenvalue weighted by molar-refractivity contribution is 7.94. The Balaban J connectivity index is 2.97. The van der Waals surface area contributed by atoms with E-state index in [0.717, 1.165) is 16.8 Å². The van der Waals surface area contributed by atoms with Crippen molar-refractivity contribution >= 4 is 40.6 Å². The molecule has 0 aliphatic carbocycles. The maximum Gasteiger partial charge on any atom is 0.354 e. The fourth-order valence-corrected chi connectivity index (χ4v) is 4.63. The number of alkyl halides is 2. The molecule has 1 aromatic carbocycles. The summed E-state index contributed by atoms with van der Waals surface area (Å²) in [7, 11) is -7.45. The molecule has 124 valence electrons. The van der Waals surface area contributed by atoms with Gasteiger partial charge >= 0.3 is 7.60 Å². The maximum absolute atomic E-state index is 12.4. The first-order chi connectivity index (χ1) is 10.3. The minimum Gasteiger partial charge on any atom is -0.304 e. The van der Waals surface area contributed by atoms with Crippen molar-refractivity contribution in [2.45, 2.75) is 11.8 Å². The molecule has 0 radical (unpaired) electrons. The maximum atomic E-state index is 12.4. The van der Waals surface area contributed by atoms with E-state index in [2.05, 4.69) is 0 Å². The topological polar surface area (TPSA) is 69.7 Å². The molecular formula is C13H17Cl2O5PS. The monoisotopic (exact) mass is 386 g/mol. The van der Waals surface area contributed by atoms with Gasteiger partial charge in [0.25, 0.3) is 0 Å². The first-order valence-corrected chi connectivity index (χ1v) is 10.6. The van der Waals surface area contributed by atoms with Gasteiger partial charge in [0.05, 0.1) is 18.1 Å². The number of benzene rings is 1. The molecule has 0 heterocycles. The highest BCUT2D eigenvalue weighted by Gasteiger charge is 2.22. The van der Waals surface area contributed by atoms with Crippen LogP contribution in [0.5, 0.6) is 0 Å². The van der Waals surface area contributed by atoms with E-state index < -0.39 is 17.4 Å². The van der Waals surface area contributed by atoms with E-state index in [-0.39, 0.29) is 29.9 Å². The second kappa shape index (κ2) is 9.06. The minimum absolute atomic E-state index is 0.0317. The molecule has 0 spiro atoms. The predicted molar refractivity (Wildman–Crippen MR) is 88.5 cm³/mol. The zero-order valence-corrected chi connectivity index (χ0v) is 15.2. The Hall–Kier alpha value is -0.360. The Morgan fingerprint density at radius 3 is 2.05 bits per heavy atom. The van der Waals surface area contributed by atoms with Crippen LogP contribution in [0.15, 0.2) is 40.4 Å². The number of halogens is 2. The summed E-state index contributed by atoms with van der Waals surface area (Å²) in [6, 6.07) is 6.29. The third-order valence-corrected chi connectivity index (χ3v) is 6.00. The van der Waals surface area contributed by atoms with E-state index in [9.17, 15) is 13.0 Å². The van der Waals surface area contributed by atoms with E-state index in [0.29, 0.717) is 0 Å². The highest BCUT2D eigenvalue weighted by atomic mass is 35.5. The summed E-state index contributed by atoms with van der Waals surface area (Å²) >= 11 is 10.9. The molecule has 9 heteroatoms. The van der Waals surface area contributed by atoms with Crippen molar-refractivity contribution in [3.05, 3.63) is 41.1 Å². The summed E-state index contributed by atoms with van der Waals surface area (Å²) in [5.74, 6) is 1.13. The second-order valence-corrected chi connectivity index (χ2v) is 8.71. The van der Waals surface area contributed by atoms with Gasteiger partial charge in [-0.25, -0.2) is 8.42 Å². The molecule has 0 aliphatic rings. The zero-order valence-electron chi connectivity index (χ0n) is 11.9. The van der Waals surface area contributed by atoms with Crippen molar-refractivity contribution in [2.24, 2.45) is 0 Å². The Labute approximate surface area is 140 Å². The molecule has 1 rings (SSSR count). The first kappa shape index (κ1) is 19.7. The largest absolute Gasteiger partial charge is 0.354 e. The van der Waals surface area contributed by atoms with Gasteiger partial charge in [-0.1, -0.05) is 17.7 Å². The third kappa shape index (κ3) is 6.41. The smallest absolute Gasteiger partial charge is 0.304 e. The highest BCUT2D eigenvalue weighted by Crippen LogP contribution is 2.50. The average molecular weight is 387 g/mol. The number of hydrogen-bond acceptors (Lipinski definition) is 5. The summed E-state index contributed by atoms with van der Waals surface area (Å²) in [5.41, 5.74) is 0.935. The van der Waals surface area contributed by atoms with Crippen LogP contribution < -0.4 is 0 Å². The standard InChI is InChI=1S/C13H17Cl2O5PS/c1-12-2-4-13(5-3-12)22(17,18)11-10-21(16,19-8-6-14)20-9-7-15/h2-5,10-11H,6-9H2,1H3/b11-10+. The lowest BCUT2D eigenvalue weighted by atomic mass is 10.2. The van der Waals surface area contributed by atoms with Crippen molar-refractivity contribution in [1.82, 2.24) is 0 Å². The molecule has 0 fully saturated rings. The van der Waals surface area contributed by atoms with E-state index in [4.69, 9.17) is 32.2 Å². The third-order valence-electron chi connectivity index (χ3n) is 2.47. The average Bonchev–Trinajstić information content (AvgIpc) is 2.50. The Morgan fingerprint density at radius 1 is 1.09 bits per heavy atom. The fourth-order valence-electron chi connectivity index (χ4n) is 1.41. The van der Waals surface area contributed by atoms with Crippen molar-refractivity contribution in [2.75, 3.05) is 25.0 Å². The summed E-state index contributed by atoms with van der Waals surface area (Å²) in [4.78, 5) is 0.0931. The summed E-state index contributed by atoms with van der Waals surface area (Å²) < 4.78 is 46.7. The van der Waals surface area contributed by atoms with Crippen LogP contribution in [0.3, 0.4) is 0 Å². The fraction of sp³-hybridized carbons (Fsp3) is 0.385. The van der Waals surface area contributed by atoms with Gasteiger partial charge in [0.1, 0.15) is 0 Å². The van der Waals surface area contributed by atoms with Gasteiger partial charge in [0.2, 0.25) is 0 Å². The van der Waals surface area contributed by atoms with Crippen LogP contribution >= 0.6 is 30.8 Å². The number of aryl methyl sites for hydroxylation is 1. The number of rotatable bonds is 9. The number of hydrogen-bond donors (Lipinski definition) is 0. The Morgan fingerprint density at radius 2 is 1.59 bits per heavy atom. The van der Waals surface area contributed by atoms with Gasteiger partial charge in [0, 0.05) is 23.0 Å². The van der Waals surface area contributed by atoms with Gasteiger partial charge in [0.15, 0.2) is 9.84 Å². The van der Waals surface area contributed by atoms with Gasteiger partial charge in [-0.2, -0.15) is 0 Å². The molecule has 0 aliphatic heterocycles. The van der Waals surface area contributed by atoms with Gasteiger partial charge in [-0.15, -0.1) is 23.2 Å². The zero-order chi connectivity index (χ0) is 16.6. The van der Waals surface area contributed by atoms with Crippen LogP contribution in [0.4, 0.5) is 0 Å². The Bertz CT molecular complexity index is 631. The van der Waals surface area contributed by atoms with E-state index in [1.165, 1.54) is 12.1 Å². The molecule has 5 nitrogen and oxygen atoms in total. The molecular weight excluding hydrogens is 370 g/mol. The summed E-state index contributed by atoms with van der Waals surface area (Å²) in [6.07, 6.45) is 0. The lowest BCUT2D eigenvalue weighted by Gasteiger charge is -2.13. The SMILES string of the molecule is Cc1ccc(S(=O)(=O)/C=C/P(=O)(OCCCl)OCCCl)cc1. The Kier molecular flexibility index (Phi) is 8.11. The van der Waals surface area contributed by atoms with Crippen LogP contribution in [0, 0.1) is 6.92 Å². The minimum atomic E-state index is -3.74. The molecule has 1 aromatic rings. The van der Waals surface area contributed by atoms with Crippen molar-refractivity contribution in [1.29, 1.82) is 0 Å². The van der Waals surface area contributed by atoms with Gasteiger partial charge in [-0.3, -0.25) is 4.57 Å². The normalized spacial score (nSPS) is 12.9. The van der Waals surface area contributed by atoms with E-state index in [1.54, 1.807) is 12.1 Å². The van der Waals surface area contributed by atoms with Crippen molar-refractivity contribution in [3.63, 3.8) is 0 Å². The molecule has 0 saturated carbocycles.